The van der Waals surface area contributed by atoms with Crippen molar-refractivity contribution in [3.05, 3.63) is 35.9 Å². The molecule has 0 bridgehead atoms. The topological polar surface area (TPSA) is 35.8 Å². The van der Waals surface area contributed by atoms with Gasteiger partial charge in [-0.15, -0.1) is 0 Å². The Balaban J connectivity index is 1.84. The fourth-order valence-electron chi connectivity index (χ4n) is 2.01. The molecule has 3 unspecified atom stereocenters. The van der Waals surface area contributed by atoms with Gasteiger partial charge in [0.1, 0.15) is 0 Å². The van der Waals surface area contributed by atoms with E-state index in [-0.39, 0.29) is 0 Å². The number of nitrogens with zero attached hydrogens (tertiary/aromatic N) is 1. The number of hydrogen-bond acceptors (Lipinski definition) is 2. The van der Waals surface area contributed by atoms with E-state index in [1.54, 1.807) is 0 Å². The third-order valence-corrected chi connectivity index (χ3v) is 2.91. The van der Waals surface area contributed by atoms with Crippen molar-refractivity contribution < 1.29 is 0 Å². The van der Waals surface area contributed by atoms with Crippen LogP contribution in [0, 0.1) is 11.3 Å². The first kappa shape index (κ1) is 10.2. The average molecular weight is 200 g/mol. The van der Waals surface area contributed by atoms with Crippen LogP contribution in [-0.2, 0) is 0 Å². The summed E-state index contributed by atoms with van der Waals surface area (Å²) in [7, 11) is 0. The second kappa shape index (κ2) is 4.46. The van der Waals surface area contributed by atoms with E-state index in [4.69, 9.17) is 5.26 Å². The van der Waals surface area contributed by atoms with Gasteiger partial charge in [0.15, 0.2) is 0 Å². The summed E-state index contributed by atoms with van der Waals surface area (Å²) in [4.78, 5) is 0. The van der Waals surface area contributed by atoms with Gasteiger partial charge in [-0.1, -0.05) is 30.3 Å². The van der Waals surface area contributed by atoms with Crippen molar-refractivity contribution >= 4 is 0 Å². The maximum absolute atomic E-state index is 8.56. The number of hydrogen-bond donors (Lipinski definition) is 1. The van der Waals surface area contributed by atoms with E-state index >= 15 is 0 Å². The lowest BCUT2D eigenvalue weighted by molar-refractivity contribution is 0.547. The van der Waals surface area contributed by atoms with Crippen molar-refractivity contribution in [2.24, 2.45) is 0 Å². The van der Waals surface area contributed by atoms with Crippen LogP contribution in [0.15, 0.2) is 30.3 Å². The van der Waals surface area contributed by atoms with Gasteiger partial charge in [-0.2, -0.15) is 5.26 Å². The summed E-state index contributed by atoms with van der Waals surface area (Å²) < 4.78 is 0. The average Bonchev–Trinajstić information content (AvgIpc) is 2.99. The van der Waals surface area contributed by atoms with Crippen molar-refractivity contribution in [1.82, 2.24) is 5.32 Å². The van der Waals surface area contributed by atoms with E-state index in [1.807, 2.05) is 6.07 Å². The molecule has 0 amide bonds. The van der Waals surface area contributed by atoms with Crippen LogP contribution in [0.3, 0.4) is 0 Å². The molecule has 1 saturated carbocycles. The molecular weight excluding hydrogens is 184 g/mol. The fourth-order valence-corrected chi connectivity index (χ4v) is 2.01. The van der Waals surface area contributed by atoms with Gasteiger partial charge in [0.2, 0.25) is 0 Å². The van der Waals surface area contributed by atoms with Crippen molar-refractivity contribution in [2.45, 2.75) is 37.8 Å². The summed E-state index contributed by atoms with van der Waals surface area (Å²) in [5, 5.41) is 12.0. The van der Waals surface area contributed by atoms with Gasteiger partial charge < -0.3 is 5.32 Å². The Bertz CT molecular complexity index is 353. The lowest BCUT2D eigenvalue weighted by Gasteiger charge is -2.09. The molecule has 0 heterocycles. The van der Waals surface area contributed by atoms with Crippen LogP contribution in [-0.4, -0.2) is 12.1 Å². The van der Waals surface area contributed by atoms with Crippen molar-refractivity contribution in [2.75, 3.05) is 0 Å². The third kappa shape index (κ3) is 2.57. The summed E-state index contributed by atoms with van der Waals surface area (Å²) in [5.41, 5.74) is 1.42. The SMILES string of the molecule is CC(CC#N)NC1CC1c1ccccc1. The molecule has 2 nitrogen and oxygen atoms in total. The monoisotopic (exact) mass is 200 g/mol. The molecule has 15 heavy (non-hydrogen) atoms. The summed E-state index contributed by atoms with van der Waals surface area (Å²) in [6.07, 6.45) is 1.80. The molecule has 0 aliphatic heterocycles. The lowest BCUT2D eigenvalue weighted by Crippen LogP contribution is -2.28. The van der Waals surface area contributed by atoms with E-state index in [0.717, 1.165) is 0 Å². The number of nitriles is 1. The van der Waals surface area contributed by atoms with Gasteiger partial charge >= 0.3 is 0 Å². The minimum Gasteiger partial charge on any atom is -0.310 e. The standard InChI is InChI=1S/C13H16N2/c1-10(7-8-14)15-13-9-12(13)11-5-3-2-4-6-11/h2-6,10,12-13,15H,7,9H2,1H3. The molecular formula is C13H16N2. The van der Waals surface area contributed by atoms with Gasteiger partial charge in [0, 0.05) is 18.0 Å². The summed E-state index contributed by atoms with van der Waals surface area (Å²) in [6, 6.07) is 13.7. The van der Waals surface area contributed by atoms with Crippen LogP contribution in [0.2, 0.25) is 0 Å². The number of nitrogens with one attached hydrogen (secondary N) is 1. The predicted octanol–water partition coefficient (Wildman–Crippen LogP) is 2.43. The predicted molar refractivity (Wildman–Crippen MR) is 60.4 cm³/mol. The van der Waals surface area contributed by atoms with Crippen LogP contribution >= 0.6 is 0 Å². The van der Waals surface area contributed by atoms with Gasteiger partial charge in [0.05, 0.1) is 12.5 Å². The van der Waals surface area contributed by atoms with Gasteiger partial charge in [-0.3, -0.25) is 0 Å². The minimum absolute atomic E-state index is 0.314. The maximum atomic E-state index is 8.56. The van der Waals surface area contributed by atoms with Gasteiger partial charge in [-0.25, -0.2) is 0 Å². The molecule has 2 rings (SSSR count). The first-order valence-corrected chi connectivity index (χ1v) is 5.49. The zero-order valence-corrected chi connectivity index (χ0v) is 8.98. The second-order valence-corrected chi connectivity index (χ2v) is 4.29. The first-order valence-electron chi connectivity index (χ1n) is 5.49. The Morgan fingerprint density at radius 1 is 1.47 bits per heavy atom. The van der Waals surface area contributed by atoms with Crippen molar-refractivity contribution in [3.63, 3.8) is 0 Å². The molecule has 78 valence electrons. The van der Waals surface area contributed by atoms with E-state index < -0.39 is 0 Å². The van der Waals surface area contributed by atoms with E-state index in [9.17, 15) is 0 Å². The first-order chi connectivity index (χ1) is 7.31. The Labute approximate surface area is 90.9 Å². The molecule has 1 fully saturated rings. The Morgan fingerprint density at radius 3 is 2.87 bits per heavy atom. The van der Waals surface area contributed by atoms with E-state index in [2.05, 4.69) is 42.6 Å². The van der Waals surface area contributed by atoms with Gasteiger partial charge in [-0.05, 0) is 18.9 Å². The zero-order chi connectivity index (χ0) is 10.7. The van der Waals surface area contributed by atoms with Crippen LogP contribution < -0.4 is 5.32 Å². The van der Waals surface area contributed by atoms with Crippen molar-refractivity contribution in [1.29, 1.82) is 5.26 Å². The molecule has 2 heteroatoms. The smallest absolute Gasteiger partial charge is 0.0638 e. The highest BCUT2D eigenvalue weighted by Crippen LogP contribution is 2.40. The highest BCUT2D eigenvalue weighted by molar-refractivity contribution is 5.27. The Kier molecular flexibility index (Phi) is 3.03. The van der Waals surface area contributed by atoms with Crippen LogP contribution in [0.5, 0.6) is 0 Å². The number of rotatable bonds is 4. The molecule has 0 radical (unpaired) electrons. The Hall–Kier alpha value is -1.33. The molecule has 1 aliphatic rings. The van der Waals surface area contributed by atoms with Crippen molar-refractivity contribution in [3.8, 4) is 6.07 Å². The number of benzene rings is 1. The molecule has 0 spiro atoms. The van der Waals surface area contributed by atoms with E-state index in [1.165, 1.54) is 12.0 Å². The normalized spacial score (nSPS) is 25.6. The quantitative estimate of drug-likeness (QED) is 0.810. The van der Waals surface area contributed by atoms with Gasteiger partial charge in [0.25, 0.3) is 0 Å². The largest absolute Gasteiger partial charge is 0.310 e. The third-order valence-electron chi connectivity index (χ3n) is 2.91. The molecule has 1 aromatic carbocycles. The Morgan fingerprint density at radius 2 is 2.20 bits per heavy atom. The summed E-state index contributed by atoms with van der Waals surface area (Å²) in [6.45, 7) is 2.07. The molecule has 0 saturated heterocycles. The summed E-state index contributed by atoms with van der Waals surface area (Å²) >= 11 is 0. The highest BCUT2D eigenvalue weighted by atomic mass is 15.0. The summed E-state index contributed by atoms with van der Waals surface area (Å²) in [5.74, 6) is 0.660. The van der Waals surface area contributed by atoms with E-state index in [0.29, 0.717) is 24.4 Å². The molecule has 3 atom stereocenters. The second-order valence-electron chi connectivity index (χ2n) is 4.29. The maximum Gasteiger partial charge on any atom is 0.0638 e. The highest BCUT2D eigenvalue weighted by Gasteiger charge is 2.38. The van der Waals surface area contributed by atoms with Crippen LogP contribution in [0.25, 0.3) is 0 Å². The molecule has 1 aliphatic carbocycles. The fraction of sp³-hybridized carbons (Fsp3) is 0.462. The lowest BCUT2D eigenvalue weighted by atomic mass is 10.1. The van der Waals surface area contributed by atoms with Crippen LogP contribution in [0.1, 0.15) is 31.2 Å². The molecule has 0 aromatic heterocycles. The molecule has 1 N–H and O–H groups in total. The van der Waals surface area contributed by atoms with Crippen LogP contribution in [0.4, 0.5) is 0 Å². The zero-order valence-electron chi connectivity index (χ0n) is 8.98. The molecule has 1 aromatic rings. The minimum atomic E-state index is 0.314.